The summed E-state index contributed by atoms with van der Waals surface area (Å²) in [4.78, 5) is 0. The summed E-state index contributed by atoms with van der Waals surface area (Å²) < 4.78 is 25.9. The minimum atomic E-state index is -2.69. The van der Waals surface area contributed by atoms with Crippen molar-refractivity contribution in [3.8, 4) is 0 Å². The lowest BCUT2D eigenvalue weighted by Crippen LogP contribution is -2.13. The summed E-state index contributed by atoms with van der Waals surface area (Å²) in [5, 5.41) is 0. The van der Waals surface area contributed by atoms with Crippen LogP contribution in [-0.2, 0) is 6.42 Å². The molecule has 108 valence electrons. The van der Waals surface area contributed by atoms with E-state index in [4.69, 9.17) is 5.73 Å². The third-order valence-corrected chi connectivity index (χ3v) is 2.59. The van der Waals surface area contributed by atoms with Crippen LogP contribution in [0.3, 0.4) is 0 Å². The lowest BCUT2D eigenvalue weighted by Gasteiger charge is -2.11. The summed E-state index contributed by atoms with van der Waals surface area (Å²) in [6.45, 7) is 8.47. The predicted octanol–water partition coefficient (Wildman–Crippen LogP) is 4.71. The van der Waals surface area contributed by atoms with Crippen LogP contribution in [0.5, 0.6) is 0 Å². The van der Waals surface area contributed by atoms with Crippen molar-refractivity contribution in [2.24, 2.45) is 5.73 Å². The molecule has 2 N–H and O–H groups in total. The fourth-order valence-electron chi connectivity index (χ4n) is 1.89. The van der Waals surface area contributed by atoms with Crippen LogP contribution in [0.2, 0.25) is 0 Å². The second-order valence-corrected chi connectivity index (χ2v) is 5.28. The Morgan fingerprint density at radius 2 is 1.75 bits per heavy atom. The topological polar surface area (TPSA) is 26.0 Å². The van der Waals surface area contributed by atoms with Gasteiger partial charge in [-0.1, -0.05) is 42.5 Å². The van der Waals surface area contributed by atoms with Crippen molar-refractivity contribution >= 4 is 5.57 Å². The van der Waals surface area contributed by atoms with E-state index in [2.05, 4.69) is 6.58 Å². The Bertz CT molecular complexity index is 527. The van der Waals surface area contributed by atoms with Crippen LogP contribution >= 0.6 is 0 Å². The SMILES string of the molecule is C=C(C)/C=C(\C=C(/C)N)c1ccc(CC(C)(F)F)cc1. The van der Waals surface area contributed by atoms with E-state index in [1.165, 1.54) is 0 Å². The van der Waals surface area contributed by atoms with E-state index in [9.17, 15) is 8.78 Å². The molecule has 0 saturated heterocycles. The molecule has 0 aliphatic carbocycles. The fourth-order valence-corrected chi connectivity index (χ4v) is 1.89. The van der Waals surface area contributed by atoms with Crippen LogP contribution in [0.1, 0.15) is 31.9 Å². The van der Waals surface area contributed by atoms with Gasteiger partial charge in [-0.15, -0.1) is 0 Å². The molecule has 0 unspecified atom stereocenters. The van der Waals surface area contributed by atoms with Crippen molar-refractivity contribution in [3.63, 3.8) is 0 Å². The van der Waals surface area contributed by atoms with Gasteiger partial charge in [-0.05, 0) is 43.5 Å². The van der Waals surface area contributed by atoms with Crippen molar-refractivity contribution in [1.29, 1.82) is 0 Å². The van der Waals surface area contributed by atoms with E-state index in [0.29, 0.717) is 11.3 Å². The number of hydrogen-bond acceptors (Lipinski definition) is 1. The first-order valence-corrected chi connectivity index (χ1v) is 6.45. The number of halogens is 2. The minimum Gasteiger partial charge on any atom is -0.402 e. The van der Waals surface area contributed by atoms with Crippen LogP contribution < -0.4 is 5.73 Å². The third-order valence-electron chi connectivity index (χ3n) is 2.59. The van der Waals surface area contributed by atoms with Crippen molar-refractivity contribution in [2.75, 3.05) is 0 Å². The quantitative estimate of drug-likeness (QED) is 0.775. The fraction of sp³-hybridized carbons (Fsp3) is 0.294. The highest BCUT2D eigenvalue weighted by Crippen LogP contribution is 2.23. The smallest absolute Gasteiger partial charge is 0.249 e. The first kappa shape index (κ1) is 16.2. The lowest BCUT2D eigenvalue weighted by atomic mass is 9.99. The molecule has 0 amide bonds. The molecule has 3 heteroatoms. The number of rotatable bonds is 5. The van der Waals surface area contributed by atoms with Gasteiger partial charge in [-0.2, -0.15) is 0 Å². The molecule has 20 heavy (non-hydrogen) atoms. The molecular formula is C17H21F2N. The zero-order valence-electron chi connectivity index (χ0n) is 12.2. The van der Waals surface area contributed by atoms with Gasteiger partial charge in [-0.25, -0.2) is 8.78 Å². The van der Waals surface area contributed by atoms with Gasteiger partial charge in [0.05, 0.1) is 0 Å². The minimum absolute atomic E-state index is 0.251. The van der Waals surface area contributed by atoms with E-state index >= 15 is 0 Å². The van der Waals surface area contributed by atoms with Crippen molar-refractivity contribution < 1.29 is 8.78 Å². The van der Waals surface area contributed by atoms with Crippen LogP contribution in [-0.4, -0.2) is 5.92 Å². The Morgan fingerprint density at radius 3 is 2.15 bits per heavy atom. The standard InChI is InChI=1S/C17H21F2N/c1-12(2)9-16(10-13(3)20)15-7-5-14(6-8-15)11-17(4,18)19/h5-10H,1,11,20H2,2-4H3/b13-10+,16-9+. The van der Waals surface area contributed by atoms with Crippen molar-refractivity contribution in [2.45, 2.75) is 33.1 Å². The number of benzene rings is 1. The summed E-state index contributed by atoms with van der Waals surface area (Å²) in [6.07, 6.45) is 3.51. The maximum Gasteiger partial charge on any atom is 0.249 e. The molecule has 1 nitrogen and oxygen atoms in total. The normalized spacial score (nSPS) is 13.4. The largest absolute Gasteiger partial charge is 0.402 e. The molecule has 1 aromatic carbocycles. The van der Waals surface area contributed by atoms with Crippen LogP contribution in [0.4, 0.5) is 8.78 Å². The Balaban J connectivity index is 3.06. The highest BCUT2D eigenvalue weighted by molar-refractivity contribution is 5.76. The lowest BCUT2D eigenvalue weighted by molar-refractivity contribution is 0.0226. The molecule has 1 rings (SSSR count). The van der Waals surface area contributed by atoms with Crippen molar-refractivity contribution in [1.82, 2.24) is 0 Å². The van der Waals surface area contributed by atoms with Gasteiger partial charge >= 0.3 is 0 Å². The predicted molar refractivity (Wildman–Crippen MR) is 81.5 cm³/mol. The first-order valence-electron chi connectivity index (χ1n) is 6.45. The second kappa shape index (κ2) is 6.51. The van der Waals surface area contributed by atoms with Crippen LogP contribution in [0.15, 0.2) is 54.3 Å². The highest BCUT2D eigenvalue weighted by Gasteiger charge is 2.21. The molecule has 0 radical (unpaired) electrons. The summed E-state index contributed by atoms with van der Waals surface area (Å²) in [5.41, 5.74) is 9.77. The molecule has 0 spiro atoms. The summed E-state index contributed by atoms with van der Waals surface area (Å²) in [5.74, 6) is -2.69. The molecule has 0 aromatic heterocycles. The molecule has 0 fully saturated rings. The Labute approximate surface area is 119 Å². The Morgan fingerprint density at radius 1 is 1.20 bits per heavy atom. The average molecular weight is 277 g/mol. The monoisotopic (exact) mass is 277 g/mol. The zero-order valence-corrected chi connectivity index (χ0v) is 12.2. The van der Waals surface area contributed by atoms with E-state index in [-0.39, 0.29) is 6.42 Å². The third kappa shape index (κ3) is 5.83. The molecule has 0 aliphatic heterocycles. The van der Waals surface area contributed by atoms with Crippen LogP contribution in [0, 0.1) is 0 Å². The number of allylic oxidation sites excluding steroid dienone is 5. The van der Waals surface area contributed by atoms with Gasteiger partial charge in [0, 0.05) is 12.1 Å². The molecule has 0 saturated carbocycles. The number of hydrogen-bond donors (Lipinski definition) is 1. The van der Waals surface area contributed by atoms with E-state index in [1.54, 1.807) is 19.1 Å². The molecule has 1 aromatic rings. The molecule has 0 atom stereocenters. The average Bonchev–Trinajstić information content (AvgIpc) is 2.25. The van der Waals surface area contributed by atoms with Crippen LogP contribution in [0.25, 0.3) is 5.57 Å². The first-order chi connectivity index (χ1) is 9.17. The van der Waals surface area contributed by atoms with Gasteiger partial charge < -0.3 is 5.73 Å². The summed E-state index contributed by atoms with van der Waals surface area (Å²) >= 11 is 0. The number of alkyl halides is 2. The maximum atomic E-state index is 13.0. The summed E-state index contributed by atoms with van der Waals surface area (Å²) in [6, 6.07) is 7.10. The van der Waals surface area contributed by atoms with Gasteiger partial charge in [0.1, 0.15) is 0 Å². The molecule has 0 heterocycles. The van der Waals surface area contributed by atoms with Gasteiger partial charge in [0.15, 0.2) is 0 Å². The zero-order chi connectivity index (χ0) is 15.3. The Hall–Kier alpha value is -1.90. The maximum absolute atomic E-state index is 13.0. The summed E-state index contributed by atoms with van der Waals surface area (Å²) in [7, 11) is 0. The molecular weight excluding hydrogens is 256 g/mol. The van der Waals surface area contributed by atoms with E-state index in [0.717, 1.165) is 23.6 Å². The highest BCUT2D eigenvalue weighted by atomic mass is 19.3. The van der Waals surface area contributed by atoms with Gasteiger partial charge in [0.2, 0.25) is 5.92 Å². The molecule has 0 aliphatic rings. The Kier molecular flexibility index (Phi) is 5.26. The van der Waals surface area contributed by atoms with Gasteiger partial charge in [-0.3, -0.25) is 0 Å². The second-order valence-electron chi connectivity index (χ2n) is 5.28. The van der Waals surface area contributed by atoms with E-state index < -0.39 is 5.92 Å². The van der Waals surface area contributed by atoms with E-state index in [1.807, 2.05) is 31.2 Å². The molecule has 0 bridgehead atoms. The van der Waals surface area contributed by atoms with Gasteiger partial charge in [0.25, 0.3) is 0 Å². The number of nitrogens with two attached hydrogens (primary N) is 1. The van der Waals surface area contributed by atoms with Crippen molar-refractivity contribution in [3.05, 3.63) is 65.4 Å².